The second-order valence-corrected chi connectivity index (χ2v) is 7.63. The van der Waals surface area contributed by atoms with Crippen LogP contribution in [0.1, 0.15) is 36.8 Å². The summed E-state index contributed by atoms with van der Waals surface area (Å²) in [5, 5.41) is 7.63. The number of carbonyl (C=O) groups excluding carboxylic acids is 2. The van der Waals surface area contributed by atoms with Crippen LogP contribution in [0.4, 0.5) is 4.79 Å². The van der Waals surface area contributed by atoms with Gasteiger partial charge in [-0.2, -0.15) is 0 Å². The number of nitrogens with one attached hydrogen (secondary N) is 2. The van der Waals surface area contributed by atoms with Gasteiger partial charge in [-0.3, -0.25) is 9.69 Å². The number of nitrogens with zero attached hydrogens (tertiary/aromatic N) is 1. The number of benzene rings is 1. The zero-order chi connectivity index (χ0) is 20.4. The van der Waals surface area contributed by atoms with E-state index in [-0.39, 0.29) is 18.4 Å². The van der Waals surface area contributed by atoms with E-state index in [2.05, 4.69) is 41.5 Å². The number of likely N-dealkylation sites (N-methyl/N-ethyl adjacent to an activating group) is 1. The number of hydrogen-bond acceptors (Lipinski definition) is 4. The molecule has 1 aromatic carbocycles. The molecule has 2 unspecified atom stereocenters. The monoisotopic (exact) mass is 402 g/mol. The highest BCUT2D eigenvalue weighted by Gasteiger charge is 2.21. The third kappa shape index (κ3) is 6.98. The van der Waals surface area contributed by atoms with Crippen molar-refractivity contribution >= 4 is 23.3 Å². The van der Waals surface area contributed by atoms with E-state index in [1.807, 2.05) is 35.7 Å². The van der Waals surface area contributed by atoms with Gasteiger partial charge in [0.1, 0.15) is 0 Å². The molecule has 0 fully saturated rings. The summed E-state index contributed by atoms with van der Waals surface area (Å²) in [7, 11) is 0. The molecule has 6 nitrogen and oxygen atoms in total. The number of rotatable bonds is 11. The molecule has 2 atom stereocenters. The molecule has 0 spiro atoms. The number of hydrogen-bond donors (Lipinski definition) is 3. The van der Waals surface area contributed by atoms with Crippen molar-refractivity contribution in [3.8, 4) is 0 Å². The fourth-order valence-corrected chi connectivity index (χ4v) is 4.11. The largest absolute Gasteiger partial charge is 0.354 e. The van der Waals surface area contributed by atoms with E-state index in [4.69, 9.17) is 5.73 Å². The average molecular weight is 403 g/mol. The first kappa shape index (κ1) is 21.9. The summed E-state index contributed by atoms with van der Waals surface area (Å²) in [6.07, 6.45) is 1.04. The Morgan fingerprint density at radius 1 is 1.11 bits per heavy atom. The molecule has 0 aliphatic rings. The summed E-state index contributed by atoms with van der Waals surface area (Å²) < 4.78 is 0. The van der Waals surface area contributed by atoms with Crippen LogP contribution < -0.4 is 16.4 Å². The maximum Gasteiger partial charge on any atom is 0.312 e. The molecule has 2 aromatic rings. The second kappa shape index (κ2) is 11.5. The topological polar surface area (TPSA) is 87.5 Å². The standard InChI is InChI=1S/C21H30N4O2S/c1-3-25(4-2)17(13-16-9-6-5-7-10-16)15-23-20(26)14-18(24-21(22)27)19-11-8-12-28-19/h5-12,17-18H,3-4,13-15H2,1-2H3,(H,23,26)(H3,22,24,27). The van der Waals surface area contributed by atoms with Gasteiger partial charge in [0.15, 0.2) is 0 Å². The fraction of sp³-hybridized carbons (Fsp3) is 0.429. The lowest BCUT2D eigenvalue weighted by atomic mass is 10.0. The van der Waals surface area contributed by atoms with E-state index in [1.54, 1.807) is 0 Å². The molecule has 4 N–H and O–H groups in total. The molecule has 2 rings (SSSR count). The minimum atomic E-state index is -0.628. The van der Waals surface area contributed by atoms with Crippen LogP contribution >= 0.6 is 11.3 Å². The highest BCUT2D eigenvalue weighted by atomic mass is 32.1. The van der Waals surface area contributed by atoms with Crippen LogP contribution in [-0.4, -0.2) is 42.5 Å². The van der Waals surface area contributed by atoms with Crippen LogP contribution in [-0.2, 0) is 11.2 Å². The first-order chi connectivity index (χ1) is 13.5. The summed E-state index contributed by atoms with van der Waals surface area (Å²) in [6.45, 7) is 6.67. The number of thiophene rings is 1. The van der Waals surface area contributed by atoms with E-state index in [9.17, 15) is 9.59 Å². The van der Waals surface area contributed by atoms with Crippen LogP contribution in [0.3, 0.4) is 0 Å². The number of urea groups is 1. The van der Waals surface area contributed by atoms with E-state index >= 15 is 0 Å². The third-order valence-corrected chi connectivity index (χ3v) is 5.76. The highest BCUT2D eigenvalue weighted by Crippen LogP contribution is 2.22. The maximum atomic E-state index is 12.6. The molecule has 28 heavy (non-hydrogen) atoms. The summed E-state index contributed by atoms with van der Waals surface area (Å²) in [4.78, 5) is 27.1. The molecule has 0 saturated carbocycles. The molecular weight excluding hydrogens is 372 g/mol. The lowest BCUT2D eigenvalue weighted by Gasteiger charge is -2.30. The summed E-state index contributed by atoms with van der Waals surface area (Å²) in [6, 6.07) is 13.3. The Kier molecular flexibility index (Phi) is 8.97. The number of amides is 3. The second-order valence-electron chi connectivity index (χ2n) is 6.65. The summed E-state index contributed by atoms with van der Waals surface area (Å²) >= 11 is 1.49. The lowest BCUT2D eigenvalue weighted by Crippen LogP contribution is -2.46. The number of primary amides is 1. The van der Waals surface area contributed by atoms with Crippen molar-refractivity contribution in [2.24, 2.45) is 5.73 Å². The van der Waals surface area contributed by atoms with Gasteiger partial charge in [0.25, 0.3) is 0 Å². The molecule has 7 heteroatoms. The van der Waals surface area contributed by atoms with Crippen molar-refractivity contribution < 1.29 is 9.59 Å². The van der Waals surface area contributed by atoms with E-state index in [0.717, 1.165) is 24.4 Å². The van der Waals surface area contributed by atoms with Gasteiger partial charge in [-0.1, -0.05) is 50.2 Å². The quantitative estimate of drug-likeness (QED) is 0.540. The van der Waals surface area contributed by atoms with Gasteiger partial charge in [-0.25, -0.2) is 4.79 Å². The van der Waals surface area contributed by atoms with Crippen molar-refractivity contribution in [1.29, 1.82) is 0 Å². The normalized spacial score (nSPS) is 13.1. The lowest BCUT2D eigenvalue weighted by molar-refractivity contribution is -0.121. The Bertz CT molecular complexity index is 717. The summed E-state index contributed by atoms with van der Waals surface area (Å²) in [5.74, 6) is -0.0997. The third-order valence-electron chi connectivity index (χ3n) is 4.77. The Hall–Kier alpha value is -2.38. The SMILES string of the molecule is CCN(CC)C(CNC(=O)CC(NC(N)=O)c1cccs1)Cc1ccccc1. The van der Waals surface area contributed by atoms with Crippen molar-refractivity contribution in [1.82, 2.24) is 15.5 Å². The predicted molar refractivity (Wildman–Crippen MR) is 114 cm³/mol. The molecule has 1 aromatic heterocycles. The molecule has 0 aliphatic heterocycles. The van der Waals surface area contributed by atoms with Gasteiger partial charge in [-0.05, 0) is 36.5 Å². The maximum absolute atomic E-state index is 12.6. The van der Waals surface area contributed by atoms with Crippen LogP contribution in [0.5, 0.6) is 0 Å². The van der Waals surface area contributed by atoms with Crippen LogP contribution in [0.15, 0.2) is 47.8 Å². The van der Waals surface area contributed by atoms with Crippen LogP contribution in [0.2, 0.25) is 0 Å². The number of nitrogens with two attached hydrogens (primary N) is 1. The Balaban J connectivity index is 1.98. The molecule has 1 heterocycles. The zero-order valence-corrected chi connectivity index (χ0v) is 17.4. The minimum Gasteiger partial charge on any atom is -0.354 e. The molecular formula is C21H30N4O2S. The minimum absolute atomic E-state index is 0.0997. The van der Waals surface area contributed by atoms with Crippen LogP contribution in [0.25, 0.3) is 0 Å². The molecule has 0 bridgehead atoms. The molecule has 152 valence electrons. The van der Waals surface area contributed by atoms with Gasteiger partial charge < -0.3 is 16.4 Å². The van der Waals surface area contributed by atoms with Gasteiger partial charge in [0.2, 0.25) is 5.91 Å². The van der Waals surface area contributed by atoms with Crippen LogP contribution in [0, 0.1) is 0 Å². The molecule has 3 amide bonds. The Morgan fingerprint density at radius 2 is 1.82 bits per heavy atom. The van der Waals surface area contributed by atoms with E-state index < -0.39 is 12.1 Å². The molecule has 0 radical (unpaired) electrons. The Labute approximate surface area is 171 Å². The van der Waals surface area contributed by atoms with Gasteiger partial charge >= 0.3 is 6.03 Å². The molecule has 0 saturated heterocycles. The average Bonchev–Trinajstić information content (AvgIpc) is 3.21. The van der Waals surface area contributed by atoms with E-state index in [0.29, 0.717) is 6.54 Å². The first-order valence-electron chi connectivity index (χ1n) is 9.67. The number of carbonyl (C=O) groups is 2. The van der Waals surface area contributed by atoms with Crippen molar-refractivity contribution in [2.75, 3.05) is 19.6 Å². The zero-order valence-electron chi connectivity index (χ0n) is 16.6. The fourth-order valence-electron chi connectivity index (χ4n) is 3.33. The Morgan fingerprint density at radius 3 is 2.39 bits per heavy atom. The van der Waals surface area contributed by atoms with Crippen molar-refractivity contribution in [3.05, 3.63) is 58.3 Å². The van der Waals surface area contributed by atoms with Gasteiger partial charge in [0, 0.05) is 17.5 Å². The van der Waals surface area contributed by atoms with E-state index in [1.165, 1.54) is 16.9 Å². The predicted octanol–water partition coefficient (Wildman–Crippen LogP) is 2.92. The van der Waals surface area contributed by atoms with Gasteiger partial charge in [0.05, 0.1) is 12.5 Å². The van der Waals surface area contributed by atoms with Gasteiger partial charge in [-0.15, -0.1) is 11.3 Å². The molecule has 0 aliphatic carbocycles. The van der Waals surface area contributed by atoms with Crippen molar-refractivity contribution in [2.45, 2.75) is 38.8 Å². The summed E-state index contributed by atoms with van der Waals surface area (Å²) in [5.41, 5.74) is 6.53. The van der Waals surface area contributed by atoms with Crippen molar-refractivity contribution in [3.63, 3.8) is 0 Å². The smallest absolute Gasteiger partial charge is 0.312 e. The first-order valence-corrected chi connectivity index (χ1v) is 10.6. The highest BCUT2D eigenvalue weighted by molar-refractivity contribution is 7.10.